The molecule has 0 saturated carbocycles. The third kappa shape index (κ3) is 9.85. The molecule has 0 unspecified atom stereocenters. The van der Waals surface area contributed by atoms with E-state index in [2.05, 4.69) is 48.2 Å². The smallest absolute Gasteiger partial charge is 0.305 e. The molecule has 0 aliphatic carbocycles. The van der Waals surface area contributed by atoms with Crippen molar-refractivity contribution in [2.75, 3.05) is 11.9 Å². The number of carbonyl (C=O) groups excluding carboxylic acids is 2. The molecule has 2 aromatic heterocycles. The van der Waals surface area contributed by atoms with E-state index < -0.39 is 5.41 Å². The van der Waals surface area contributed by atoms with Crippen molar-refractivity contribution in [3.05, 3.63) is 35.0 Å². The minimum Gasteiger partial charge on any atom is -0.465 e. The van der Waals surface area contributed by atoms with Gasteiger partial charge in [-0.05, 0) is 32.4 Å². The predicted octanol–water partition coefficient (Wildman–Crippen LogP) is 8.88. The number of benzene rings is 1. The van der Waals surface area contributed by atoms with Crippen molar-refractivity contribution in [1.29, 1.82) is 0 Å². The van der Waals surface area contributed by atoms with Gasteiger partial charge in [0.2, 0.25) is 5.91 Å². The number of nitrogens with zero attached hydrogens (tertiary/aromatic N) is 3. The summed E-state index contributed by atoms with van der Waals surface area (Å²) in [6.07, 6.45) is 13.9. The van der Waals surface area contributed by atoms with Crippen LogP contribution < -0.4 is 5.32 Å². The van der Waals surface area contributed by atoms with Gasteiger partial charge in [0, 0.05) is 23.1 Å². The minimum absolute atomic E-state index is 0.0251. The van der Waals surface area contributed by atoms with Crippen LogP contribution in [0.2, 0.25) is 5.02 Å². The van der Waals surface area contributed by atoms with Gasteiger partial charge in [0.1, 0.15) is 11.6 Å². The van der Waals surface area contributed by atoms with Crippen LogP contribution in [-0.4, -0.2) is 38.3 Å². The lowest BCUT2D eigenvalue weighted by Crippen LogP contribution is -2.35. The maximum atomic E-state index is 13.1. The molecule has 2 N–H and O–H groups in total. The van der Waals surface area contributed by atoms with Crippen LogP contribution in [0.15, 0.2) is 24.3 Å². The fourth-order valence-corrected chi connectivity index (χ4v) is 5.23. The van der Waals surface area contributed by atoms with Crippen molar-refractivity contribution >= 4 is 34.8 Å². The zero-order chi connectivity index (χ0) is 30.8. The highest BCUT2D eigenvalue weighted by molar-refractivity contribution is 6.34. The van der Waals surface area contributed by atoms with Crippen molar-refractivity contribution in [2.45, 2.75) is 124 Å². The fraction of sp³-hybridized carbons (Fsp3) is 0.636. The standard InChI is InChI=1S/C33H50ClN5O3/c1-7-8-9-10-11-12-13-14-15-16-17-21-26(40)42-23-33(5,6)31(41)35-25-20-18-19-24(22-25)29-36-30-27(34)28(32(2,3)4)37-39(30)38-29/h18-20,22,37H,7-17,21,23H2,1-6H3,(H,35,41). The lowest BCUT2D eigenvalue weighted by Gasteiger charge is -2.23. The summed E-state index contributed by atoms with van der Waals surface area (Å²) in [7, 11) is 0. The van der Waals surface area contributed by atoms with E-state index in [4.69, 9.17) is 16.3 Å². The Bertz CT molecular complexity index is 1300. The number of nitrogens with one attached hydrogen (secondary N) is 2. The molecule has 0 fully saturated rings. The third-order valence-electron chi connectivity index (χ3n) is 7.56. The number of H-pyrrole nitrogens is 1. The molecule has 0 bridgehead atoms. The first-order valence-corrected chi connectivity index (χ1v) is 16.0. The zero-order valence-corrected chi connectivity index (χ0v) is 27.2. The van der Waals surface area contributed by atoms with E-state index in [1.165, 1.54) is 51.4 Å². The number of aromatic nitrogens is 4. The van der Waals surface area contributed by atoms with Crippen molar-refractivity contribution in [1.82, 2.24) is 19.8 Å². The Hall–Kier alpha value is -2.87. The topological polar surface area (TPSA) is 101 Å². The summed E-state index contributed by atoms with van der Waals surface area (Å²) in [6, 6.07) is 7.34. The van der Waals surface area contributed by atoms with Gasteiger partial charge >= 0.3 is 5.97 Å². The quantitative estimate of drug-likeness (QED) is 0.119. The number of anilines is 1. The molecule has 3 aromatic rings. The van der Waals surface area contributed by atoms with E-state index in [9.17, 15) is 9.59 Å². The second-order valence-corrected chi connectivity index (χ2v) is 13.5. The highest BCUT2D eigenvalue weighted by Gasteiger charge is 2.30. The molecule has 2 heterocycles. The molecular weight excluding hydrogens is 550 g/mol. The monoisotopic (exact) mass is 599 g/mol. The van der Waals surface area contributed by atoms with Crippen LogP contribution >= 0.6 is 11.6 Å². The zero-order valence-electron chi connectivity index (χ0n) is 26.4. The molecule has 0 saturated heterocycles. The maximum Gasteiger partial charge on any atom is 0.305 e. The summed E-state index contributed by atoms with van der Waals surface area (Å²) in [5.74, 6) is 0.0175. The van der Waals surface area contributed by atoms with Crippen LogP contribution in [0.3, 0.4) is 0 Å². The maximum absolute atomic E-state index is 13.1. The lowest BCUT2D eigenvalue weighted by molar-refractivity contribution is -0.148. The SMILES string of the molecule is CCCCCCCCCCCCCC(=O)OCC(C)(C)C(=O)Nc1cccc(-c2nc3c(Cl)c(C(C)(C)C)[nH]n3n2)c1. The van der Waals surface area contributed by atoms with E-state index in [0.717, 1.165) is 30.5 Å². The molecule has 0 spiro atoms. The first-order valence-electron chi connectivity index (χ1n) is 15.6. The Morgan fingerprint density at radius 3 is 2.17 bits per heavy atom. The van der Waals surface area contributed by atoms with Crippen LogP contribution in [0.4, 0.5) is 5.69 Å². The molecule has 0 aliphatic heterocycles. The second-order valence-electron chi connectivity index (χ2n) is 13.1. The average molecular weight is 600 g/mol. The van der Waals surface area contributed by atoms with Crippen LogP contribution in [0.5, 0.6) is 0 Å². The van der Waals surface area contributed by atoms with Gasteiger partial charge in [0.15, 0.2) is 11.5 Å². The average Bonchev–Trinajstić information content (AvgIpc) is 3.50. The molecule has 0 atom stereocenters. The van der Waals surface area contributed by atoms with Crippen molar-refractivity contribution in [3.63, 3.8) is 0 Å². The molecule has 1 aromatic carbocycles. The number of esters is 1. The Morgan fingerprint density at radius 1 is 0.952 bits per heavy atom. The van der Waals surface area contributed by atoms with Gasteiger partial charge in [-0.15, -0.1) is 5.10 Å². The number of unbranched alkanes of at least 4 members (excludes halogenated alkanes) is 10. The van der Waals surface area contributed by atoms with Crippen molar-refractivity contribution < 1.29 is 14.3 Å². The summed E-state index contributed by atoms with van der Waals surface area (Å²) >= 11 is 6.57. The lowest BCUT2D eigenvalue weighted by atomic mass is 9.92. The first kappa shape index (κ1) is 33.6. The summed E-state index contributed by atoms with van der Waals surface area (Å²) in [4.78, 5) is 30.0. The van der Waals surface area contributed by atoms with Gasteiger partial charge in [-0.2, -0.15) is 4.63 Å². The molecule has 232 valence electrons. The van der Waals surface area contributed by atoms with E-state index in [-0.39, 0.29) is 23.9 Å². The highest BCUT2D eigenvalue weighted by Crippen LogP contribution is 2.32. The van der Waals surface area contributed by atoms with Crippen LogP contribution in [-0.2, 0) is 19.7 Å². The molecule has 0 aliphatic rings. The molecule has 3 rings (SSSR count). The van der Waals surface area contributed by atoms with Gasteiger partial charge in [-0.1, -0.05) is 116 Å². The van der Waals surface area contributed by atoms with Crippen molar-refractivity contribution in [2.24, 2.45) is 5.41 Å². The highest BCUT2D eigenvalue weighted by atomic mass is 35.5. The molecule has 42 heavy (non-hydrogen) atoms. The van der Waals surface area contributed by atoms with Gasteiger partial charge < -0.3 is 10.1 Å². The Labute approximate surface area is 256 Å². The summed E-state index contributed by atoms with van der Waals surface area (Å²) in [5, 5.41) is 11.3. The normalized spacial score (nSPS) is 12.2. The van der Waals surface area contributed by atoms with Gasteiger partial charge in [0.25, 0.3) is 0 Å². The van der Waals surface area contributed by atoms with Gasteiger partial charge in [0.05, 0.1) is 11.1 Å². The molecular formula is C33H50ClN5O3. The number of halogens is 1. The summed E-state index contributed by atoms with van der Waals surface area (Å²) in [6.45, 7) is 12.0. The third-order valence-corrected chi connectivity index (χ3v) is 7.92. The Balaban J connectivity index is 1.42. The number of hydrogen-bond acceptors (Lipinski definition) is 5. The number of hydrogen-bond donors (Lipinski definition) is 2. The van der Waals surface area contributed by atoms with Crippen LogP contribution in [0.25, 0.3) is 17.0 Å². The van der Waals surface area contributed by atoms with Gasteiger partial charge in [-0.25, -0.2) is 4.98 Å². The van der Waals surface area contributed by atoms with Crippen molar-refractivity contribution in [3.8, 4) is 11.4 Å². The second kappa shape index (κ2) is 15.6. The van der Waals surface area contributed by atoms with E-state index in [1.54, 1.807) is 18.5 Å². The predicted molar refractivity (Wildman–Crippen MR) is 171 cm³/mol. The molecule has 0 radical (unpaired) electrons. The number of fused-ring (bicyclic) bond motifs is 1. The van der Waals surface area contributed by atoms with Crippen LogP contribution in [0, 0.1) is 5.41 Å². The first-order chi connectivity index (χ1) is 19.9. The molecule has 1 amide bonds. The van der Waals surface area contributed by atoms with Crippen LogP contribution in [0.1, 0.15) is 124 Å². The minimum atomic E-state index is -0.887. The van der Waals surface area contributed by atoms with E-state index >= 15 is 0 Å². The Morgan fingerprint density at radius 2 is 1.57 bits per heavy atom. The van der Waals surface area contributed by atoms with Gasteiger partial charge in [-0.3, -0.25) is 14.7 Å². The number of carbonyl (C=O) groups is 2. The Kier molecular flexibility index (Phi) is 12.5. The fourth-order valence-electron chi connectivity index (χ4n) is 4.79. The number of aromatic amines is 1. The van der Waals surface area contributed by atoms with E-state index in [0.29, 0.717) is 28.6 Å². The van der Waals surface area contributed by atoms with E-state index in [1.807, 2.05) is 24.3 Å². The number of rotatable bonds is 17. The molecule has 9 heteroatoms. The number of amides is 1. The largest absolute Gasteiger partial charge is 0.465 e. The number of ether oxygens (including phenoxy) is 1. The summed E-state index contributed by atoms with van der Waals surface area (Å²) in [5.41, 5.74) is 1.72. The molecule has 8 nitrogen and oxygen atoms in total. The summed E-state index contributed by atoms with van der Waals surface area (Å²) < 4.78 is 7.06.